The van der Waals surface area contributed by atoms with Gasteiger partial charge >= 0.3 is 0 Å². The van der Waals surface area contributed by atoms with E-state index in [9.17, 15) is 9.59 Å². The van der Waals surface area contributed by atoms with Crippen LogP contribution in [0.15, 0.2) is 24.3 Å². The van der Waals surface area contributed by atoms with Gasteiger partial charge in [0.15, 0.2) is 0 Å². The number of carbonyl (C=O) groups is 2. The number of benzene rings is 1. The van der Waals surface area contributed by atoms with E-state index in [0.29, 0.717) is 19.5 Å². The number of nitrogens with one attached hydrogen (secondary N) is 1. The first-order valence-corrected chi connectivity index (χ1v) is 6.98. The van der Waals surface area contributed by atoms with Crippen LogP contribution in [-0.4, -0.2) is 29.8 Å². The van der Waals surface area contributed by atoms with Gasteiger partial charge in [-0.25, -0.2) is 0 Å². The molecule has 0 aromatic heterocycles. The van der Waals surface area contributed by atoms with Gasteiger partial charge in [0, 0.05) is 37.7 Å². The van der Waals surface area contributed by atoms with Crippen LogP contribution in [0.3, 0.4) is 0 Å². The van der Waals surface area contributed by atoms with E-state index in [1.54, 1.807) is 6.92 Å². The van der Waals surface area contributed by atoms with Gasteiger partial charge in [0.2, 0.25) is 11.8 Å². The molecule has 3 N–H and O–H groups in total. The highest BCUT2D eigenvalue weighted by atomic mass is 16.2. The molecule has 20 heavy (non-hydrogen) atoms. The molecule has 0 bridgehead atoms. The summed E-state index contributed by atoms with van der Waals surface area (Å²) in [5.41, 5.74) is 7.29. The molecule has 1 aromatic rings. The molecule has 0 spiro atoms. The lowest BCUT2D eigenvalue weighted by Gasteiger charge is -2.16. The maximum absolute atomic E-state index is 11.7. The van der Waals surface area contributed by atoms with Crippen molar-refractivity contribution in [1.29, 1.82) is 0 Å². The molecule has 1 saturated heterocycles. The lowest BCUT2D eigenvalue weighted by atomic mass is 10.1. The van der Waals surface area contributed by atoms with Crippen molar-refractivity contribution < 1.29 is 9.59 Å². The van der Waals surface area contributed by atoms with Crippen LogP contribution in [0.25, 0.3) is 0 Å². The van der Waals surface area contributed by atoms with Crippen molar-refractivity contribution in [2.24, 2.45) is 11.7 Å². The average molecular weight is 275 g/mol. The van der Waals surface area contributed by atoms with E-state index in [1.807, 2.05) is 29.2 Å². The predicted octanol–water partition coefficient (Wildman–Crippen LogP) is 1.34. The smallest absolute Gasteiger partial charge is 0.228 e. The minimum absolute atomic E-state index is 0.0741. The SMILES string of the molecule is CC(CN)C(=O)Nc1ccc(CN2CCCC2=O)cc1. The van der Waals surface area contributed by atoms with Gasteiger partial charge in [-0.2, -0.15) is 0 Å². The molecule has 108 valence electrons. The molecule has 1 fully saturated rings. The summed E-state index contributed by atoms with van der Waals surface area (Å²) in [6.45, 7) is 3.61. The highest BCUT2D eigenvalue weighted by molar-refractivity contribution is 5.92. The van der Waals surface area contributed by atoms with Crippen LogP contribution in [0.2, 0.25) is 0 Å². The van der Waals surface area contributed by atoms with Crippen molar-refractivity contribution in [2.45, 2.75) is 26.3 Å². The molecule has 1 aromatic carbocycles. The van der Waals surface area contributed by atoms with Crippen LogP contribution in [0.4, 0.5) is 5.69 Å². The van der Waals surface area contributed by atoms with Gasteiger partial charge in [0.25, 0.3) is 0 Å². The quantitative estimate of drug-likeness (QED) is 0.851. The Balaban J connectivity index is 1.92. The van der Waals surface area contributed by atoms with Gasteiger partial charge < -0.3 is 16.0 Å². The monoisotopic (exact) mass is 275 g/mol. The Morgan fingerprint density at radius 1 is 1.40 bits per heavy atom. The van der Waals surface area contributed by atoms with Crippen LogP contribution in [0, 0.1) is 5.92 Å². The van der Waals surface area contributed by atoms with Crippen LogP contribution in [0.5, 0.6) is 0 Å². The number of likely N-dealkylation sites (tertiary alicyclic amines) is 1. The second kappa shape index (κ2) is 6.52. The van der Waals surface area contributed by atoms with Crippen molar-refractivity contribution in [2.75, 3.05) is 18.4 Å². The van der Waals surface area contributed by atoms with E-state index in [0.717, 1.165) is 24.2 Å². The van der Waals surface area contributed by atoms with Crippen molar-refractivity contribution in [3.05, 3.63) is 29.8 Å². The molecule has 0 aliphatic carbocycles. The lowest BCUT2D eigenvalue weighted by molar-refractivity contribution is -0.128. The summed E-state index contributed by atoms with van der Waals surface area (Å²) in [4.78, 5) is 25.1. The Bertz CT molecular complexity index is 484. The molecule has 5 heteroatoms. The number of rotatable bonds is 5. The highest BCUT2D eigenvalue weighted by Crippen LogP contribution is 2.16. The minimum atomic E-state index is -0.197. The summed E-state index contributed by atoms with van der Waals surface area (Å²) in [5.74, 6) is -0.0500. The van der Waals surface area contributed by atoms with Gasteiger partial charge in [-0.1, -0.05) is 19.1 Å². The largest absolute Gasteiger partial charge is 0.338 e. The summed E-state index contributed by atoms with van der Waals surface area (Å²) < 4.78 is 0. The second-order valence-corrected chi connectivity index (χ2v) is 5.24. The number of hydrogen-bond acceptors (Lipinski definition) is 3. The third-order valence-corrected chi connectivity index (χ3v) is 3.57. The molecule has 0 radical (unpaired) electrons. The Labute approximate surface area is 119 Å². The second-order valence-electron chi connectivity index (χ2n) is 5.24. The van der Waals surface area contributed by atoms with E-state index in [1.165, 1.54) is 0 Å². The number of hydrogen-bond donors (Lipinski definition) is 2. The minimum Gasteiger partial charge on any atom is -0.338 e. The summed E-state index contributed by atoms with van der Waals surface area (Å²) in [5, 5.41) is 2.82. The van der Waals surface area contributed by atoms with E-state index >= 15 is 0 Å². The molecule has 1 aliphatic rings. The first kappa shape index (κ1) is 14.5. The molecule has 1 unspecified atom stereocenters. The zero-order chi connectivity index (χ0) is 14.5. The molecule has 5 nitrogen and oxygen atoms in total. The van der Waals surface area contributed by atoms with Gasteiger partial charge in [-0.3, -0.25) is 9.59 Å². The molecular weight excluding hydrogens is 254 g/mol. The fourth-order valence-corrected chi connectivity index (χ4v) is 2.16. The zero-order valence-electron chi connectivity index (χ0n) is 11.8. The Kier molecular flexibility index (Phi) is 4.74. The molecular formula is C15H21N3O2. The normalized spacial score (nSPS) is 16.3. The highest BCUT2D eigenvalue weighted by Gasteiger charge is 2.19. The van der Waals surface area contributed by atoms with E-state index in [-0.39, 0.29) is 17.7 Å². The molecule has 2 amide bonds. The van der Waals surface area contributed by atoms with Crippen molar-refractivity contribution in [3.63, 3.8) is 0 Å². The van der Waals surface area contributed by atoms with Crippen LogP contribution < -0.4 is 11.1 Å². The van der Waals surface area contributed by atoms with Gasteiger partial charge in [0.05, 0.1) is 0 Å². The number of nitrogens with two attached hydrogens (primary N) is 1. The predicted molar refractivity (Wildman–Crippen MR) is 77.9 cm³/mol. The standard InChI is InChI=1S/C15H21N3O2/c1-11(9-16)15(20)17-13-6-4-12(5-7-13)10-18-8-2-3-14(18)19/h4-7,11H,2-3,8-10,16H2,1H3,(H,17,20). The van der Waals surface area contributed by atoms with E-state index in [4.69, 9.17) is 5.73 Å². The van der Waals surface area contributed by atoms with Gasteiger partial charge in [0.1, 0.15) is 0 Å². The van der Waals surface area contributed by atoms with Crippen molar-refractivity contribution >= 4 is 17.5 Å². The molecule has 0 saturated carbocycles. The average Bonchev–Trinajstić information content (AvgIpc) is 2.85. The third-order valence-electron chi connectivity index (χ3n) is 3.57. The van der Waals surface area contributed by atoms with E-state index < -0.39 is 0 Å². The molecule has 2 rings (SSSR count). The first-order chi connectivity index (χ1) is 9.60. The summed E-state index contributed by atoms with van der Waals surface area (Å²) in [6.07, 6.45) is 1.61. The van der Waals surface area contributed by atoms with Crippen LogP contribution in [-0.2, 0) is 16.1 Å². The summed E-state index contributed by atoms with van der Waals surface area (Å²) in [6, 6.07) is 7.59. The lowest BCUT2D eigenvalue weighted by Crippen LogP contribution is -2.26. The maximum Gasteiger partial charge on any atom is 0.228 e. The molecule has 1 atom stereocenters. The van der Waals surface area contributed by atoms with E-state index in [2.05, 4.69) is 5.32 Å². The fourth-order valence-electron chi connectivity index (χ4n) is 2.16. The summed E-state index contributed by atoms with van der Waals surface area (Å²) >= 11 is 0. The number of anilines is 1. The molecule has 1 aliphatic heterocycles. The summed E-state index contributed by atoms with van der Waals surface area (Å²) in [7, 11) is 0. The Morgan fingerprint density at radius 2 is 2.10 bits per heavy atom. The number of nitrogens with zero attached hydrogens (tertiary/aromatic N) is 1. The third kappa shape index (κ3) is 3.57. The number of amides is 2. The molecule has 1 heterocycles. The van der Waals surface area contributed by atoms with Crippen LogP contribution in [0.1, 0.15) is 25.3 Å². The van der Waals surface area contributed by atoms with Crippen molar-refractivity contribution in [1.82, 2.24) is 4.90 Å². The van der Waals surface area contributed by atoms with Gasteiger partial charge in [-0.15, -0.1) is 0 Å². The first-order valence-electron chi connectivity index (χ1n) is 6.98. The topological polar surface area (TPSA) is 75.4 Å². The Hall–Kier alpha value is -1.88. The fraction of sp³-hybridized carbons (Fsp3) is 0.467. The zero-order valence-corrected chi connectivity index (χ0v) is 11.8. The Morgan fingerprint density at radius 3 is 2.65 bits per heavy atom. The number of carbonyl (C=O) groups excluding carboxylic acids is 2. The van der Waals surface area contributed by atoms with Crippen LogP contribution >= 0.6 is 0 Å². The maximum atomic E-state index is 11.7. The van der Waals surface area contributed by atoms with Crippen molar-refractivity contribution in [3.8, 4) is 0 Å². The van der Waals surface area contributed by atoms with Gasteiger partial charge in [-0.05, 0) is 24.1 Å².